The summed E-state index contributed by atoms with van der Waals surface area (Å²) in [5, 5.41) is 0. The topological polar surface area (TPSA) is 46.6 Å². The second-order valence-corrected chi connectivity index (χ2v) is 4.31. The molecule has 19 heavy (non-hydrogen) atoms. The zero-order valence-corrected chi connectivity index (χ0v) is 11.4. The van der Waals surface area contributed by atoms with E-state index in [1.165, 1.54) is 6.92 Å². The van der Waals surface area contributed by atoms with Crippen LogP contribution in [0.1, 0.15) is 22.8 Å². The van der Waals surface area contributed by atoms with E-state index in [-0.39, 0.29) is 5.78 Å². The minimum atomic E-state index is -0.0883. The first-order valence-corrected chi connectivity index (χ1v) is 5.92. The molecule has 4 heteroatoms. The van der Waals surface area contributed by atoms with Crippen molar-refractivity contribution >= 4 is 12.1 Å². The fourth-order valence-corrected chi connectivity index (χ4v) is 1.46. The predicted octanol–water partition coefficient (Wildman–Crippen LogP) is 1.38. The number of benzene rings is 1. The summed E-state index contributed by atoms with van der Waals surface area (Å²) in [6, 6.07) is 5.08. The van der Waals surface area contributed by atoms with Crippen molar-refractivity contribution in [2.24, 2.45) is 0 Å². The molecule has 0 amide bonds. The van der Waals surface area contributed by atoms with Gasteiger partial charge in [0.1, 0.15) is 12.4 Å². The van der Waals surface area contributed by atoms with E-state index < -0.39 is 0 Å². The van der Waals surface area contributed by atoms with Gasteiger partial charge in [-0.3, -0.25) is 9.59 Å². The average molecular weight is 259 g/mol. The van der Waals surface area contributed by atoms with E-state index in [1.807, 2.05) is 19.0 Å². The van der Waals surface area contributed by atoms with Gasteiger partial charge in [-0.25, -0.2) is 0 Å². The van der Waals surface area contributed by atoms with Crippen molar-refractivity contribution < 1.29 is 14.3 Å². The third kappa shape index (κ3) is 4.94. The summed E-state index contributed by atoms with van der Waals surface area (Å²) in [4.78, 5) is 23.8. The Hall–Kier alpha value is -2.12. The molecule has 0 radical (unpaired) electrons. The SMILES string of the molecule is CC(=O)c1cc(C#CC=O)ccc1OCCN(C)C. The molecule has 0 heterocycles. The molecule has 100 valence electrons. The van der Waals surface area contributed by atoms with Gasteiger partial charge in [-0.05, 0) is 45.1 Å². The molecule has 1 aromatic rings. The molecule has 1 aromatic carbocycles. The predicted molar refractivity (Wildman–Crippen MR) is 73.4 cm³/mol. The van der Waals surface area contributed by atoms with Gasteiger partial charge < -0.3 is 9.64 Å². The average Bonchev–Trinajstić information content (AvgIpc) is 2.36. The van der Waals surface area contributed by atoms with Crippen LogP contribution in [0, 0.1) is 11.8 Å². The molecule has 0 aliphatic heterocycles. The van der Waals surface area contributed by atoms with Gasteiger partial charge >= 0.3 is 0 Å². The van der Waals surface area contributed by atoms with Gasteiger partial charge in [0, 0.05) is 12.1 Å². The fourth-order valence-electron chi connectivity index (χ4n) is 1.46. The lowest BCUT2D eigenvalue weighted by Crippen LogP contribution is -2.20. The van der Waals surface area contributed by atoms with Gasteiger partial charge in [0.15, 0.2) is 12.1 Å². The van der Waals surface area contributed by atoms with Crippen LogP contribution in [-0.2, 0) is 4.79 Å². The Morgan fingerprint density at radius 2 is 2.16 bits per heavy atom. The number of likely N-dealkylation sites (N-methyl/N-ethyl adjacent to an activating group) is 1. The van der Waals surface area contributed by atoms with Gasteiger partial charge in [-0.1, -0.05) is 5.92 Å². The number of carbonyl (C=O) groups excluding carboxylic acids is 2. The van der Waals surface area contributed by atoms with E-state index in [4.69, 9.17) is 4.74 Å². The first kappa shape index (κ1) is 14.9. The summed E-state index contributed by atoms with van der Waals surface area (Å²) in [5.41, 5.74) is 1.11. The highest BCUT2D eigenvalue weighted by Gasteiger charge is 2.09. The Bertz CT molecular complexity index is 524. The quantitative estimate of drug-likeness (QED) is 0.455. The van der Waals surface area contributed by atoms with Crippen LogP contribution >= 0.6 is 0 Å². The number of carbonyl (C=O) groups is 2. The molecule has 0 bridgehead atoms. The van der Waals surface area contributed by atoms with Gasteiger partial charge in [-0.15, -0.1) is 0 Å². The van der Waals surface area contributed by atoms with Crippen molar-refractivity contribution in [3.05, 3.63) is 29.3 Å². The van der Waals surface area contributed by atoms with Crippen LogP contribution in [0.4, 0.5) is 0 Å². The molecule has 1 rings (SSSR count). The molecular weight excluding hydrogens is 242 g/mol. The number of nitrogens with zero attached hydrogens (tertiary/aromatic N) is 1. The highest BCUT2D eigenvalue weighted by Crippen LogP contribution is 2.20. The number of hydrogen-bond acceptors (Lipinski definition) is 4. The molecule has 0 aliphatic rings. The summed E-state index contributed by atoms with van der Waals surface area (Å²) >= 11 is 0. The van der Waals surface area contributed by atoms with Crippen LogP contribution < -0.4 is 4.74 Å². The highest BCUT2D eigenvalue weighted by atomic mass is 16.5. The van der Waals surface area contributed by atoms with E-state index >= 15 is 0 Å². The van der Waals surface area contributed by atoms with Crippen molar-refractivity contribution in [2.75, 3.05) is 27.2 Å². The summed E-state index contributed by atoms with van der Waals surface area (Å²) in [5.74, 6) is 5.43. The molecule has 0 saturated carbocycles. The van der Waals surface area contributed by atoms with Crippen molar-refractivity contribution in [1.82, 2.24) is 4.90 Å². The van der Waals surface area contributed by atoms with E-state index in [2.05, 4.69) is 11.8 Å². The van der Waals surface area contributed by atoms with Crippen LogP contribution in [0.25, 0.3) is 0 Å². The summed E-state index contributed by atoms with van der Waals surface area (Å²) in [6.45, 7) is 2.75. The maximum Gasteiger partial charge on any atom is 0.193 e. The summed E-state index contributed by atoms with van der Waals surface area (Å²) < 4.78 is 5.59. The van der Waals surface area contributed by atoms with Crippen molar-refractivity contribution in [3.8, 4) is 17.6 Å². The maximum atomic E-state index is 11.6. The smallest absolute Gasteiger partial charge is 0.193 e. The molecule has 0 fully saturated rings. The highest BCUT2D eigenvalue weighted by molar-refractivity contribution is 5.97. The standard InChI is InChI=1S/C15H17NO3/c1-12(18)14-11-13(5-4-9-17)6-7-15(14)19-10-8-16(2)3/h6-7,9,11H,8,10H2,1-3H3. The Morgan fingerprint density at radius 3 is 2.74 bits per heavy atom. The maximum absolute atomic E-state index is 11.6. The van der Waals surface area contributed by atoms with Gasteiger partial charge in [0.25, 0.3) is 0 Å². The van der Waals surface area contributed by atoms with E-state index in [0.717, 1.165) is 6.54 Å². The minimum Gasteiger partial charge on any atom is -0.491 e. The number of aldehydes is 1. The normalized spacial score (nSPS) is 9.68. The lowest BCUT2D eigenvalue weighted by Gasteiger charge is -2.13. The van der Waals surface area contributed by atoms with Crippen molar-refractivity contribution in [3.63, 3.8) is 0 Å². The molecule has 0 unspecified atom stereocenters. The van der Waals surface area contributed by atoms with E-state index in [1.54, 1.807) is 18.2 Å². The monoisotopic (exact) mass is 259 g/mol. The van der Waals surface area contributed by atoms with E-state index in [9.17, 15) is 9.59 Å². The largest absolute Gasteiger partial charge is 0.491 e. The molecule has 0 spiro atoms. The molecule has 0 atom stereocenters. The first-order valence-electron chi connectivity index (χ1n) is 5.92. The second kappa shape index (κ2) is 7.34. The van der Waals surface area contributed by atoms with Crippen molar-refractivity contribution in [2.45, 2.75) is 6.92 Å². The zero-order valence-electron chi connectivity index (χ0n) is 11.4. The molecule has 0 N–H and O–H groups in total. The fraction of sp³-hybridized carbons (Fsp3) is 0.333. The first-order chi connectivity index (χ1) is 9.04. The number of Topliss-reactive ketones (excluding diaryl/α,β-unsaturated/α-hetero) is 1. The van der Waals surface area contributed by atoms with E-state index in [0.29, 0.717) is 29.8 Å². The van der Waals surface area contributed by atoms with Gasteiger partial charge in [-0.2, -0.15) is 0 Å². The lowest BCUT2D eigenvalue weighted by atomic mass is 10.1. The Labute approximate surface area is 113 Å². The van der Waals surface area contributed by atoms with Crippen molar-refractivity contribution in [1.29, 1.82) is 0 Å². The van der Waals surface area contributed by atoms with Crippen LogP contribution in [0.2, 0.25) is 0 Å². The molecular formula is C15H17NO3. The molecule has 0 saturated heterocycles. The zero-order chi connectivity index (χ0) is 14.3. The molecule has 0 aromatic heterocycles. The number of rotatable bonds is 5. The third-order valence-corrected chi connectivity index (χ3v) is 2.43. The Balaban J connectivity index is 2.91. The van der Waals surface area contributed by atoms with Gasteiger partial charge in [0.2, 0.25) is 0 Å². The number of hydrogen-bond donors (Lipinski definition) is 0. The summed E-state index contributed by atoms with van der Waals surface area (Å²) in [7, 11) is 3.90. The number of ketones is 1. The summed E-state index contributed by atoms with van der Waals surface area (Å²) in [6.07, 6.45) is 0.523. The second-order valence-electron chi connectivity index (χ2n) is 4.31. The molecule has 0 aliphatic carbocycles. The van der Waals surface area contributed by atoms with Gasteiger partial charge in [0.05, 0.1) is 5.56 Å². The van der Waals surface area contributed by atoms with Crippen LogP contribution in [-0.4, -0.2) is 44.2 Å². The minimum absolute atomic E-state index is 0.0883. The Kier molecular flexibility index (Phi) is 5.77. The lowest BCUT2D eigenvalue weighted by molar-refractivity contribution is -0.103. The number of ether oxygens (including phenoxy) is 1. The van der Waals surface area contributed by atoms with Crippen LogP contribution in [0.5, 0.6) is 5.75 Å². The molecule has 4 nitrogen and oxygen atoms in total. The Morgan fingerprint density at radius 1 is 1.42 bits per heavy atom. The van der Waals surface area contributed by atoms with Crippen LogP contribution in [0.15, 0.2) is 18.2 Å². The van der Waals surface area contributed by atoms with Crippen LogP contribution in [0.3, 0.4) is 0 Å². The third-order valence-electron chi connectivity index (χ3n) is 2.43.